The maximum absolute atomic E-state index is 12.2. The van der Waals surface area contributed by atoms with Crippen molar-refractivity contribution in [3.63, 3.8) is 0 Å². The van der Waals surface area contributed by atoms with Crippen LogP contribution in [0, 0.1) is 0 Å². The van der Waals surface area contributed by atoms with E-state index < -0.39 is 0 Å². The van der Waals surface area contributed by atoms with Crippen LogP contribution in [0.15, 0.2) is 24.5 Å². The van der Waals surface area contributed by atoms with Gasteiger partial charge in [0.2, 0.25) is 5.91 Å². The Labute approximate surface area is 126 Å². The first kappa shape index (κ1) is 17.1. The Bertz CT molecular complexity index is 434. The van der Waals surface area contributed by atoms with Crippen molar-refractivity contribution in [1.82, 2.24) is 9.88 Å². The number of ether oxygens (including phenoxy) is 1. The maximum Gasteiger partial charge on any atom is 0.307 e. The lowest BCUT2D eigenvalue weighted by Gasteiger charge is -2.22. The molecule has 0 saturated carbocycles. The molecule has 0 aromatic carbocycles. The summed E-state index contributed by atoms with van der Waals surface area (Å²) in [6.45, 7) is 5.06. The first-order valence-electron chi connectivity index (χ1n) is 7.49. The van der Waals surface area contributed by atoms with Gasteiger partial charge in [-0.25, -0.2) is 0 Å². The maximum atomic E-state index is 12.2. The molecule has 0 fully saturated rings. The van der Waals surface area contributed by atoms with Gasteiger partial charge >= 0.3 is 5.97 Å². The average molecular weight is 292 g/mol. The van der Waals surface area contributed by atoms with Gasteiger partial charge in [0.05, 0.1) is 13.0 Å². The number of hydrogen-bond acceptors (Lipinski definition) is 4. The number of amides is 1. The fraction of sp³-hybridized carbons (Fsp3) is 0.562. The van der Waals surface area contributed by atoms with Crippen molar-refractivity contribution in [2.45, 2.75) is 46.1 Å². The van der Waals surface area contributed by atoms with Gasteiger partial charge < -0.3 is 9.64 Å². The number of unbranched alkanes of at least 4 members (excludes halogenated alkanes) is 1. The van der Waals surface area contributed by atoms with Crippen LogP contribution in [0.2, 0.25) is 0 Å². The number of nitrogens with zero attached hydrogens (tertiary/aromatic N) is 2. The Morgan fingerprint density at radius 2 is 2.10 bits per heavy atom. The highest BCUT2D eigenvalue weighted by Crippen LogP contribution is 2.08. The highest BCUT2D eigenvalue weighted by Gasteiger charge is 2.15. The molecule has 21 heavy (non-hydrogen) atoms. The quantitative estimate of drug-likeness (QED) is 0.656. The molecule has 1 aromatic rings. The summed E-state index contributed by atoms with van der Waals surface area (Å²) < 4.78 is 4.91. The van der Waals surface area contributed by atoms with Crippen LogP contribution in [0.5, 0.6) is 0 Å². The summed E-state index contributed by atoms with van der Waals surface area (Å²) in [5.41, 5.74) is 0.964. The van der Waals surface area contributed by atoms with Crippen molar-refractivity contribution >= 4 is 11.9 Å². The fourth-order valence-electron chi connectivity index (χ4n) is 1.95. The van der Waals surface area contributed by atoms with E-state index in [9.17, 15) is 9.59 Å². The van der Waals surface area contributed by atoms with E-state index >= 15 is 0 Å². The van der Waals surface area contributed by atoms with Crippen molar-refractivity contribution in [2.75, 3.05) is 13.2 Å². The van der Waals surface area contributed by atoms with Crippen LogP contribution in [-0.4, -0.2) is 34.9 Å². The first-order chi connectivity index (χ1) is 10.2. The van der Waals surface area contributed by atoms with Crippen LogP contribution in [0.1, 0.15) is 45.1 Å². The smallest absolute Gasteiger partial charge is 0.307 e. The largest absolute Gasteiger partial charge is 0.466 e. The molecular formula is C16H24N2O3. The molecule has 5 nitrogen and oxygen atoms in total. The predicted molar refractivity (Wildman–Crippen MR) is 80.4 cm³/mol. The third-order valence-corrected chi connectivity index (χ3v) is 3.08. The number of carbonyl (C=O) groups is 2. The normalized spacial score (nSPS) is 10.2. The second-order valence-electron chi connectivity index (χ2n) is 4.84. The summed E-state index contributed by atoms with van der Waals surface area (Å²) in [5, 5.41) is 0. The zero-order valence-corrected chi connectivity index (χ0v) is 12.9. The zero-order chi connectivity index (χ0) is 15.5. The van der Waals surface area contributed by atoms with Gasteiger partial charge in [-0.3, -0.25) is 14.6 Å². The Hall–Kier alpha value is -1.91. The third-order valence-electron chi connectivity index (χ3n) is 3.08. The lowest BCUT2D eigenvalue weighted by atomic mass is 10.2. The van der Waals surface area contributed by atoms with Crippen molar-refractivity contribution in [3.05, 3.63) is 30.1 Å². The molecule has 0 aliphatic carbocycles. The highest BCUT2D eigenvalue weighted by atomic mass is 16.5. The minimum atomic E-state index is -0.267. The van der Waals surface area contributed by atoms with E-state index in [1.165, 1.54) is 0 Å². The number of aromatic nitrogens is 1. The molecule has 0 N–H and O–H groups in total. The van der Waals surface area contributed by atoms with Crippen molar-refractivity contribution in [1.29, 1.82) is 0 Å². The average Bonchev–Trinajstić information content (AvgIpc) is 2.50. The standard InChI is InChI=1S/C16H24N2O3/c1-3-5-8-15(19)18(11-9-16(20)21-4-2)13-14-7-6-10-17-12-14/h6-7,10,12H,3-5,8-9,11,13H2,1-2H3. The Kier molecular flexibility index (Phi) is 8.09. The molecule has 1 heterocycles. The summed E-state index contributed by atoms with van der Waals surface area (Å²) in [6, 6.07) is 3.77. The van der Waals surface area contributed by atoms with Gasteiger partial charge in [-0.1, -0.05) is 19.4 Å². The van der Waals surface area contributed by atoms with Crippen molar-refractivity contribution in [3.8, 4) is 0 Å². The lowest BCUT2D eigenvalue weighted by Crippen LogP contribution is -2.32. The van der Waals surface area contributed by atoms with E-state index in [1.54, 1.807) is 24.2 Å². The van der Waals surface area contributed by atoms with Gasteiger partial charge in [0, 0.05) is 31.9 Å². The molecule has 0 bridgehead atoms. The van der Waals surface area contributed by atoms with Gasteiger partial charge in [-0.15, -0.1) is 0 Å². The predicted octanol–water partition coefficient (Wildman–Crippen LogP) is 2.55. The van der Waals surface area contributed by atoms with Crippen LogP contribution in [0.25, 0.3) is 0 Å². The minimum absolute atomic E-state index is 0.0741. The monoisotopic (exact) mass is 292 g/mol. The van der Waals surface area contributed by atoms with Crippen molar-refractivity contribution in [2.24, 2.45) is 0 Å². The fourth-order valence-corrected chi connectivity index (χ4v) is 1.95. The summed E-state index contributed by atoms with van der Waals surface area (Å²) in [6.07, 6.45) is 6.02. The zero-order valence-electron chi connectivity index (χ0n) is 12.9. The van der Waals surface area contributed by atoms with Gasteiger partial charge in [0.25, 0.3) is 0 Å². The summed E-state index contributed by atoms with van der Waals surface area (Å²) in [4.78, 5) is 29.5. The molecule has 0 aliphatic heterocycles. The molecule has 0 unspecified atom stereocenters. The van der Waals surface area contributed by atoms with Gasteiger partial charge in [0.1, 0.15) is 0 Å². The lowest BCUT2D eigenvalue weighted by molar-refractivity contribution is -0.144. The summed E-state index contributed by atoms with van der Waals surface area (Å²) in [5.74, 6) is -0.193. The van der Waals surface area contributed by atoms with Crippen LogP contribution in [-0.2, 0) is 20.9 Å². The molecule has 1 aromatic heterocycles. The second-order valence-corrected chi connectivity index (χ2v) is 4.84. The Morgan fingerprint density at radius 1 is 1.29 bits per heavy atom. The van der Waals surface area contributed by atoms with Gasteiger partial charge in [-0.2, -0.15) is 0 Å². The van der Waals surface area contributed by atoms with Crippen LogP contribution < -0.4 is 0 Å². The third kappa shape index (κ3) is 6.88. The summed E-state index contributed by atoms with van der Waals surface area (Å²) >= 11 is 0. The number of esters is 1. The first-order valence-corrected chi connectivity index (χ1v) is 7.49. The molecule has 0 radical (unpaired) electrons. The molecule has 1 rings (SSSR count). The molecule has 0 spiro atoms. The molecule has 1 amide bonds. The number of rotatable bonds is 9. The molecule has 5 heteroatoms. The second kappa shape index (κ2) is 9.91. The van der Waals surface area contributed by atoms with E-state index in [4.69, 9.17) is 4.74 Å². The molecule has 116 valence electrons. The van der Waals surface area contributed by atoms with E-state index in [-0.39, 0.29) is 18.3 Å². The van der Waals surface area contributed by atoms with E-state index in [2.05, 4.69) is 11.9 Å². The molecule has 0 saturated heterocycles. The van der Waals surface area contributed by atoms with E-state index in [1.807, 2.05) is 12.1 Å². The highest BCUT2D eigenvalue weighted by molar-refractivity contribution is 5.77. The Balaban J connectivity index is 2.61. The number of pyridine rings is 1. The Morgan fingerprint density at radius 3 is 2.71 bits per heavy atom. The van der Waals surface area contributed by atoms with Crippen molar-refractivity contribution < 1.29 is 14.3 Å². The minimum Gasteiger partial charge on any atom is -0.466 e. The van der Waals surface area contributed by atoms with E-state index in [0.717, 1.165) is 18.4 Å². The molecule has 0 atom stereocenters. The molecule has 0 aliphatic rings. The number of carbonyl (C=O) groups excluding carboxylic acids is 2. The van der Waals surface area contributed by atoms with E-state index in [0.29, 0.717) is 26.1 Å². The van der Waals surface area contributed by atoms with Crippen LogP contribution in [0.3, 0.4) is 0 Å². The van der Waals surface area contributed by atoms with Crippen LogP contribution in [0.4, 0.5) is 0 Å². The topological polar surface area (TPSA) is 59.5 Å². The van der Waals surface area contributed by atoms with Crippen LogP contribution >= 0.6 is 0 Å². The van der Waals surface area contributed by atoms with Gasteiger partial charge in [0.15, 0.2) is 0 Å². The molecular weight excluding hydrogens is 268 g/mol. The number of hydrogen-bond donors (Lipinski definition) is 0. The summed E-state index contributed by atoms with van der Waals surface area (Å²) in [7, 11) is 0. The SMILES string of the molecule is CCCCC(=O)N(CCC(=O)OCC)Cc1cccnc1. The van der Waals surface area contributed by atoms with Gasteiger partial charge in [-0.05, 0) is 25.0 Å².